The number of carbonyl (C=O) groups excluding carboxylic acids is 1. The number of carbonyl (C=O) groups is 1. The molecule has 2 aromatic carbocycles. The minimum Gasteiger partial charge on any atom is -0.508 e. The maximum absolute atomic E-state index is 12.3. The number of ketones is 1. The van der Waals surface area contributed by atoms with Crippen LogP contribution in [0.4, 0.5) is 0 Å². The molecule has 0 saturated carbocycles. The number of rotatable bonds is 3. The van der Waals surface area contributed by atoms with Crippen LogP contribution in [-0.2, 0) is 0 Å². The highest BCUT2D eigenvalue weighted by molar-refractivity contribution is 6.03. The first-order valence-corrected chi connectivity index (χ1v) is 6.06. The third kappa shape index (κ3) is 2.47. The molecule has 0 radical (unpaired) electrons. The van der Waals surface area contributed by atoms with Crippen LogP contribution in [0, 0.1) is 18.3 Å². The van der Waals surface area contributed by atoms with E-state index >= 15 is 0 Å². The van der Waals surface area contributed by atoms with Crippen LogP contribution in [0.15, 0.2) is 42.5 Å². The van der Waals surface area contributed by atoms with Crippen LogP contribution in [0.1, 0.15) is 27.4 Å². The minimum absolute atomic E-state index is 0.0566. The van der Waals surface area contributed by atoms with Gasteiger partial charge in [-0.1, -0.05) is 30.3 Å². The van der Waals surface area contributed by atoms with Crippen LogP contribution < -0.4 is 0 Å². The van der Waals surface area contributed by atoms with Gasteiger partial charge in [-0.05, 0) is 24.6 Å². The maximum Gasteiger partial charge on any atom is 0.184 e. The Kier molecular flexibility index (Phi) is 3.72. The molecule has 0 spiro atoms. The van der Waals surface area contributed by atoms with Crippen molar-refractivity contribution in [2.75, 3.05) is 0 Å². The third-order valence-electron chi connectivity index (χ3n) is 3.11. The molecule has 100 valence electrons. The quantitative estimate of drug-likeness (QED) is 0.661. The van der Waals surface area contributed by atoms with Gasteiger partial charge in [0.05, 0.1) is 6.07 Å². The van der Waals surface area contributed by atoms with E-state index in [1.807, 2.05) is 6.07 Å². The molecule has 2 rings (SSSR count). The fraction of sp³-hybridized carbons (Fsp3) is 0.125. The normalized spacial score (nSPS) is 11.6. The highest BCUT2D eigenvalue weighted by atomic mass is 16.3. The van der Waals surface area contributed by atoms with Crippen molar-refractivity contribution in [1.82, 2.24) is 0 Å². The number of phenols is 2. The molecule has 0 heterocycles. The predicted molar refractivity (Wildman–Crippen MR) is 73.6 cm³/mol. The van der Waals surface area contributed by atoms with Gasteiger partial charge in [0.15, 0.2) is 5.78 Å². The van der Waals surface area contributed by atoms with E-state index in [1.165, 1.54) is 12.1 Å². The Bertz CT molecular complexity index is 687. The number of aryl methyl sites for hydroxylation is 1. The summed E-state index contributed by atoms with van der Waals surface area (Å²) in [5.74, 6) is -1.79. The molecule has 0 aliphatic heterocycles. The van der Waals surface area contributed by atoms with Crippen LogP contribution in [-0.4, -0.2) is 16.0 Å². The number of hydrogen-bond acceptors (Lipinski definition) is 4. The Hall–Kier alpha value is -2.80. The summed E-state index contributed by atoms with van der Waals surface area (Å²) in [5, 5.41) is 28.8. The lowest BCUT2D eigenvalue weighted by atomic mass is 9.90. The maximum atomic E-state index is 12.3. The highest BCUT2D eigenvalue weighted by Crippen LogP contribution is 2.33. The molecular formula is C16H13NO3. The summed E-state index contributed by atoms with van der Waals surface area (Å²) in [6.07, 6.45) is 0. The lowest BCUT2D eigenvalue weighted by molar-refractivity contribution is 0.0977. The number of nitrogens with zero attached hydrogens (tertiary/aromatic N) is 1. The second-order valence-corrected chi connectivity index (χ2v) is 4.49. The molecule has 0 amide bonds. The van der Waals surface area contributed by atoms with E-state index in [0.717, 1.165) is 0 Å². The summed E-state index contributed by atoms with van der Waals surface area (Å²) in [6, 6.07) is 12.9. The van der Waals surface area contributed by atoms with Gasteiger partial charge in [-0.15, -0.1) is 0 Å². The van der Waals surface area contributed by atoms with E-state index in [2.05, 4.69) is 0 Å². The van der Waals surface area contributed by atoms with Crippen molar-refractivity contribution in [2.24, 2.45) is 0 Å². The molecule has 2 aromatic rings. The van der Waals surface area contributed by atoms with Crippen LogP contribution in [0.2, 0.25) is 0 Å². The Balaban J connectivity index is 2.47. The molecule has 1 atom stereocenters. The van der Waals surface area contributed by atoms with Gasteiger partial charge in [0, 0.05) is 11.1 Å². The van der Waals surface area contributed by atoms with Crippen molar-refractivity contribution >= 4 is 5.78 Å². The summed E-state index contributed by atoms with van der Waals surface area (Å²) in [7, 11) is 0. The van der Waals surface area contributed by atoms with Crippen molar-refractivity contribution in [2.45, 2.75) is 12.8 Å². The fourth-order valence-electron chi connectivity index (χ4n) is 1.97. The molecular weight excluding hydrogens is 254 g/mol. The van der Waals surface area contributed by atoms with Crippen molar-refractivity contribution in [3.63, 3.8) is 0 Å². The molecule has 4 nitrogen and oxygen atoms in total. The monoisotopic (exact) mass is 267 g/mol. The zero-order valence-electron chi connectivity index (χ0n) is 10.9. The molecule has 4 heteroatoms. The smallest absolute Gasteiger partial charge is 0.184 e. The first-order chi connectivity index (χ1) is 9.54. The molecule has 0 aliphatic carbocycles. The highest BCUT2D eigenvalue weighted by Gasteiger charge is 2.25. The van der Waals surface area contributed by atoms with Crippen LogP contribution in [0.3, 0.4) is 0 Å². The molecule has 0 aromatic heterocycles. The topological polar surface area (TPSA) is 81.3 Å². The second kappa shape index (κ2) is 5.45. The largest absolute Gasteiger partial charge is 0.508 e. The van der Waals surface area contributed by atoms with Gasteiger partial charge in [-0.25, -0.2) is 0 Å². The van der Waals surface area contributed by atoms with Gasteiger partial charge >= 0.3 is 0 Å². The lowest BCUT2D eigenvalue weighted by Crippen LogP contribution is -2.11. The Morgan fingerprint density at radius 1 is 1.15 bits per heavy atom. The SMILES string of the molecule is Cc1cc(O)c(C(C#N)C(=O)c2ccccc2)cc1O. The van der Waals surface area contributed by atoms with Gasteiger partial charge < -0.3 is 10.2 Å². The van der Waals surface area contributed by atoms with Gasteiger partial charge in [-0.2, -0.15) is 5.26 Å². The van der Waals surface area contributed by atoms with E-state index in [-0.39, 0.29) is 17.1 Å². The Morgan fingerprint density at radius 2 is 1.80 bits per heavy atom. The van der Waals surface area contributed by atoms with Crippen molar-refractivity contribution in [3.05, 3.63) is 59.2 Å². The standard InChI is InChI=1S/C16H13NO3/c1-10-7-15(19)12(8-14(10)18)13(9-17)16(20)11-5-3-2-4-6-11/h2-8,13,18-19H,1H3. The number of nitriles is 1. The average Bonchev–Trinajstić information content (AvgIpc) is 2.46. The summed E-state index contributed by atoms with van der Waals surface area (Å²) in [5.41, 5.74) is 0.984. The third-order valence-corrected chi connectivity index (χ3v) is 3.11. The van der Waals surface area contributed by atoms with E-state index < -0.39 is 11.7 Å². The summed E-state index contributed by atoms with van der Waals surface area (Å²) in [6.45, 7) is 1.62. The molecule has 2 N–H and O–H groups in total. The van der Waals surface area contributed by atoms with Gasteiger partial charge in [0.1, 0.15) is 17.4 Å². The molecule has 0 aliphatic rings. The van der Waals surface area contributed by atoms with Crippen molar-refractivity contribution in [3.8, 4) is 17.6 Å². The van der Waals surface area contributed by atoms with E-state index in [9.17, 15) is 20.3 Å². The summed E-state index contributed by atoms with van der Waals surface area (Å²) < 4.78 is 0. The first kappa shape index (κ1) is 13.6. The fourth-order valence-corrected chi connectivity index (χ4v) is 1.97. The van der Waals surface area contributed by atoms with Gasteiger partial charge in [0.2, 0.25) is 0 Å². The number of hydrogen-bond donors (Lipinski definition) is 2. The van der Waals surface area contributed by atoms with Gasteiger partial charge in [0.25, 0.3) is 0 Å². The molecule has 0 fully saturated rings. The number of benzene rings is 2. The van der Waals surface area contributed by atoms with Crippen molar-refractivity contribution < 1.29 is 15.0 Å². The number of Topliss-reactive ketones (excluding diaryl/α,β-unsaturated/α-hetero) is 1. The van der Waals surface area contributed by atoms with Crippen LogP contribution in [0.25, 0.3) is 0 Å². The van der Waals surface area contributed by atoms with Crippen molar-refractivity contribution in [1.29, 1.82) is 5.26 Å². The van der Waals surface area contributed by atoms with E-state index in [0.29, 0.717) is 11.1 Å². The van der Waals surface area contributed by atoms with Crippen LogP contribution in [0.5, 0.6) is 11.5 Å². The molecule has 0 bridgehead atoms. The summed E-state index contributed by atoms with van der Waals surface area (Å²) >= 11 is 0. The predicted octanol–water partition coefficient (Wildman–Crippen LogP) is 2.90. The zero-order valence-corrected chi connectivity index (χ0v) is 10.9. The molecule has 20 heavy (non-hydrogen) atoms. The first-order valence-electron chi connectivity index (χ1n) is 6.06. The minimum atomic E-state index is -1.15. The van der Waals surface area contributed by atoms with E-state index in [1.54, 1.807) is 37.3 Å². The van der Waals surface area contributed by atoms with Crippen LogP contribution >= 0.6 is 0 Å². The Morgan fingerprint density at radius 3 is 2.40 bits per heavy atom. The zero-order chi connectivity index (χ0) is 14.7. The summed E-state index contributed by atoms with van der Waals surface area (Å²) in [4.78, 5) is 12.3. The molecule has 0 saturated heterocycles. The number of aromatic hydroxyl groups is 2. The number of phenolic OH excluding ortho intramolecular Hbond substituents is 2. The lowest BCUT2D eigenvalue weighted by Gasteiger charge is -2.12. The second-order valence-electron chi connectivity index (χ2n) is 4.49. The Labute approximate surface area is 116 Å². The van der Waals surface area contributed by atoms with Gasteiger partial charge in [-0.3, -0.25) is 4.79 Å². The average molecular weight is 267 g/mol. The van der Waals surface area contributed by atoms with E-state index in [4.69, 9.17) is 0 Å². The molecule has 1 unspecified atom stereocenters.